The number of hydrogen-bond donors (Lipinski definition) is 0. The maximum atomic E-state index is 12.3. The Morgan fingerprint density at radius 3 is 2.59 bits per heavy atom. The number of carbonyl (C=O) groups excluding carboxylic acids is 2. The zero-order valence-corrected chi connectivity index (χ0v) is 16.7. The number of esters is 1. The van der Waals surface area contributed by atoms with E-state index in [1.807, 2.05) is 55.5 Å². The van der Waals surface area contributed by atoms with Crippen molar-refractivity contribution in [1.82, 2.24) is 4.90 Å². The van der Waals surface area contributed by atoms with Gasteiger partial charge in [-0.05, 0) is 36.3 Å². The lowest BCUT2D eigenvalue weighted by Crippen LogP contribution is -2.33. The van der Waals surface area contributed by atoms with Crippen molar-refractivity contribution in [2.24, 2.45) is 0 Å². The summed E-state index contributed by atoms with van der Waals surface area (Å²) in [6, 6.07) is 15.0. The van der Waals surface area contributed by atoms with Gasteiger partial charge in [0, 0.05) is 19.5 Å². The normalized spacial score (nSPS) is 14.1. The molecule has 29 heavy (non-hydrogen) atoms. The molecule has 1 aliphatic heterocycles. The van der Waals surface area contributed by atoms with Crippen LogP contribution in [0.1, 0.15) is 30.5 Å². The second-order valence-corrected chi connectivity index (χ2v) is 6.79. The van der Waals surface area contributed by atoms with Gasteiger partial charge in [-0.15, -0.1) is 0 Å². The third-order valence-electron chi connectivity index (χ3n) is 4.78. The largest absolute Gasteiger partial charge is 0.490 e. The van der Waals surface area contributed by atoms with Gasteiger partial charge in [0.1, 0.15) is 0 Å². The van der Waals surface area contributed by atoms with E-state index < -0.39 is 5.97 Å². The van der Waals surface area contributed by atoms with E-state index in [0.29, 0.717) is 24.7 Å². The average molecular weight is 395 g/mol. The average Bonchev–Trinajstić information content (AvgIpc) is 3.00. The summed E-state index contributed by atoms with van der Waals surface area (Å²) in [4.78, 5) is 25.9. The number of fused-ring (bicyclic) bond motifs is 1. The number of hydrogen-bond acceptors (Lipinski definition) is 5. The second kappa shape index (κ2) is 9.78. The van der Waals surface area contributed by atoms with Gasteiger partial charge in [0.05, 0.1) is 19.3 Å². The first kappa shape index (κ1) is 20.5. The molecule has 0 aromatic heterocycles. The van der Waals surface area contributed by atoms with Crippen LogP contribution in [-0.4, -0.2) is 43.6 Å². The topological polar surface area (TPSA) is 65.1 Å². The first-order valence-corrected chi connectivity index (χ1v) is 9.59. The molecule has 0 N–H and O–H groups in total. The van der Waals surface area contributed by atoms with Gasteiger partial charge >= 0.3 is 5.97 Å². The molecule has 0 spiro atoms. The Kier molecular flexibility index (Phi) is 6.89. The summed E-state index contributed by atoms with van der Waals surface area (Å²) < 4.78 is 16.3. The maximum Gasteiger partial charge on any atom is 0.331 e. The van der Waals surface area contributed by atoms with Crippen LogP contribution in [0, 0.1) is 0 Å². The van der Waals surface area contributed by atoms with E-state index in [1.54, 1.807) is 18.0 Å². The fourth-order valence-corrected chi connectivity index (χ4v) is 2.90. The van der Waals surface area contributed by atoms with Crippen molar-refractivity contribution >= 4 is 18.0 Å². The van der Waals surface area contributed by atoms with E-state index in [4.69, 9.17) is 14.2 Å². The Morgan fingerprint density at radius 2 is 1.83 bits per heavy atom. The highest BCUT2D eigenvalue weighted by Gasteiger charge is 2.18. The fourth-order valence-electron chi connectivity index (χ4n) is 2.90. The van der Waals surface area contributed by atoms with Gasteiger partial charge in [-0.25, -0.2) is 4.79 Å². The van der Waals surface area contributed by atoms with E-state index in [9.17, 15) is 9.59 Å². The molecule has 0 fully saturated rings. The Hall–Kier alpha value is -3.28. The minimum Gasteiger partial charge on any atom is -0.490 e. The van der Waals surface area contributed by atoms with Crippen molar-refractivity contribution in [2.75, 3.05) is 26.9 Å². The van der Waals surface area contributed by atoms with E-state index in [-0.39, 0.29) is 18.6 Å². The minimum absolute atomic E-state index is 0.111. The number of rotatable bonds is 6. The number of ether oxygens (including phenoxy) is 3. The summed E-state index contributed by atoms with van der Waals surface area (Å²) in [5.41, 5.74) is 1.80. The first-order valence-electron chi connectivity index (χ1n) is 9.59. The zero-order chi connectivity index (χ0) is 20.6. The number of amides is 1. The van der Waals surface area contributed by atoms with Crippen molar-refractivity contribution in [3.8, 4) is 11.5 Å². The molecule has 3 rings (SSSR count). The maximum absolute atomic E-state index is 12.3. The number of benzene rings is 2. The molecule has 0 saturated heterocycles. The molecule has 1 aliphatic rings. The van der Waals surface area contributed by atoms with Gasteiger partial charge in [0.2, 0.25) is 0 Å². The molecule has 1 heterocycles. The van der Waals surface area contributed by atoms with Crippen molar-refractivity contribution in [3.05, 3.63) is 65.7 Å². The van der Waals surface area contributed by atoms with Crippen LogP contribution in [0.25, 0.3) is 6.08 Å². The summed E-state index contributed by atoms with van der Waals surface area (Å²) in [6.07, 6.45) is 3.75. The quantitative estimate of drug-likeness (QED) is 0.552. The monoisotopic (exact) mass is 395 g/mol. The third kappa shape index (κ3) is 5.60. The first-order chi connectivity index (χ1) is 14.0. The molecule has 0 saturated carbocycles. The molecule has 6 heteroatoms. The molecule has 0 unspecified atom stereocenters. The lowest BCUT2D eigenvalue weighted by Gasteiger charge is -2.25. The zero-order valence-electron chi connectivity index (χ0n) is 16.7. The molecule has 6 nitrogen and oxygen atoms in total. The van der Waals surface area contributed by atoms with Crippen LogP contribution >= 0.6 is 0 Å². The summed E-state index contributed by atoms with van der Waals surface area (Å²) in [5.74, 6) is 0.512. The highest BCUT2D eigenvalue weighted by molar-refractivity contribution is 5.89. The molecular formula is C23H25NO5. The van der Waals surface area contributed by atoms with Crippen LogP contribution in [0.15, 0.2) is 54.6 Å². The lowest BCUT2D eigenvalue weighted by atomic mass is 10.1. The summed E-state index contributed by atoms with van der Waals surface area (Å²) in [6.45, 7) is 2.84. The number of carbonyl (C=O) groups is 2. The van der Waals surface area contributed by atoms with Crippen LogP contribution in [0.2, 0.25) is 0 Å². The van der Waals surface area contributed by atoms with Crippen LogP contribution in [0.3, 0.4) is 0 Å². The molecule has 1 amide bonds. The predicted molar refractivity (Wildman–Crippen MR) is 110 cm³/mol. The number of likely N-dealkylation sites (N-methyl/N-ethyl adjacent to an activating group) is 1. The van der Waals surface area contributed by atoms with Crippen LogP contribution < -0.4 is 9.47 Å². The Labute approximate surface area is 170 Å². The molecule has 1 atom stereocenters. The third-order valence-corrected chi connectivity index (χ3v) is 4.78. The Morgan fingerprint density at radius 1 is 1.10 bits per heavy atom. The smallest absolute Gasteiger partial charge is 0.331 e. The Bertz CT molecular complexity index is 878. The van der Waals surface area contributed by atoms with Gasteiger partial charge in [-0.3, -0.25) is 4.79 Å². The molecule has 0 radical (unpaired) electrons. The predicted octanol–water partition coefficient (Wildman–Crippen LogP) is 3.62. The molecule has 2 aromatic rings. The molecule has 152 valence electrons. The van der Waals surface area contributed by atoms with E-state index >= 15 is 0 Å². The van der Waals surface area contributed by atoms with Gasteiger partial charge in [0.15, 0.2) is 18.1 Å². The summed E-state index contributed by atoms with van der Waals surface area (Å²) in [7, 11) is 1.70. The van der Waals surface area contributed by atoms with E-state index in [1.165, 1.54) is 6.08 Å². The van der Waals surface area contributed by atoms with Gasteiger partial charge in [0.25, 0.3) is 5.91 Å². The highest BCUT2D eigenvalue weighted by Crippen LogP contribution is 2.30. The molecule has 2 aromatic carbocycles. The van der Waals surface area contributed by atoms with Crippen molar-refractivity contribution in [2.45, 2.75) is 19.4 Å². The lowest BCUT2D eigenvalue weighted by molar-refractivity contribution is -0.148. The van der Waals surface area contributed by atoms with Gasteiger partial charge in [-0.1, -0.05) is 36.4 Å². The second-order valence-electron chi connectivity index (χ2n) is 6.79. The van der Waals surface area contributed by atoms with E-state index in [2.05, 4.69) is 0 Å². The molecule has 0 bridgehead atoms. The summed E-state index contributed by atoms with van der Waals surface area (Å²) >= 11 is 0. The van der Waals surface area contributed by atoms with Crippen molar-refractivity contribution in [3.63, 3.8) is 0 Å². The van der Waals surface area contributed by atoms with Crippen molar-refractivity contribution < 1.29 is 23.8 Å². The minimum atomic E-state index is -0.578. The Balaban J connectivity index is 1.51. The van der Waals surface area contributed by atoms with Crippen LogP contribution in [-0.2, 0) is 14.3 Å². The molecular weight excluding hydrogens is 370 g/mol. The SMILES string of the molecule is C[C@@H](c1ccccc1)N(C)C(=O)COC(=O)/C=C/c1ccc2c(c1)OCCCO2. The standard InChI is InChI=1S/C23H25NO5/c1-17(19-7-4-3-5-8-19)24(2)22(25)16-29-23(26)12-10-18-9-11-20-21(15-18)28-14-6-13-27-20/h3-5,7-12,15,17H,6,13-14,16H2,1-2H3/b12-10+/t17-/m0/s1. The van der Waals surface area contributed by atoms with Crippen LogP contribution in [0.4, 0.5) is 0 Å². The van der Waals surface area contributed by atoms with Crippen molar-refractivity contribution in [1.29, 1.82) is 0 Å². The molecule has 0 aliphatic carbocycles. The highest BCUT2D eigenvalue weighted by atomic mass is 16.5. The number of nitrogens with zero attached hydrogens (tertiary/aromatic N) is 1. The van der Waals surface area contributed by atoms with Crippen LogP contribution in [0.5, 0.6) is 11.5 Å². The van der Waals surface area contributed by atoms with E-state index in [0.717, 1.165) is 17.5 Å². The summed E-state index contributed by atoms with van der Waals surface area (Å²) in [5, 5.41) is 0. The van der Waals surface area contributed by atoms with Gasteiger partial charge < -0.3 is 19.1 Å². The van der Waals surface area contributed by atoms with Gasteiger partial charge in [-0.2, -0.15) is 0 Å². The fraction of sp³-hybridized carbons (Fsp3) is 0.304.